The van der Waals surface area contributed by atoms with E-state index in [1.807, 2.05) is 6.07 Å². The average Bonchev–Trinajstić information content (AvgIpc) is 3.08. The van der Waals surface area contributed by atoms with Crippen molar-refractivity contribution in [3.63, 3.8) is 0 Å². The molecular weight excluding hydrogens is 340 g/mol. The van der Waals surface area contributed by atoms with E-state index in [-0.39, 0.29) is 36.2 Å². The van der Waals surface area contributed by atoms with Gasteiger partial charge in [0, 0.05) is 0 Å². The highest BCUT2D eigenvalue weighted by Crippen LogP contribution is 2.47. The molecule has 0 fully saturated rings. The van der Waals surface area contributed by atoms with E-state index < -0.39 is 11.9 Å². The topological polar surface area (TPSA) is 113 Å². The van der Waals surface area contributed by atoms with Crippen LogP contribution in [0.2, 0.25) is 0 Å². The number of carbonyl (C=O) groups excluding carboxylic acids is 1. The van der Waals surface area contributed by atoms with E-state index in [1.54, 1.807) is 26.0 Å². The van der Waals surface area contributed by atoms with Gasteiger partial charge in [0.05, 0.1) is 25.2 Å². The summed E-state index contributed by atoms with van der Waals surface area (Å²) < 4.78 is 26.7. The molecule has 0 amide bonds. The molecule has 0 unspecified atom stereocenters. The van der Waals surface area contributed by atoms with Gasteiger partial charge in [-0.05, 0) is 31.5 Å². The maximum Gasteiger partial charge on any atom is 0.338 e. The summed E-state index contributed by atoms with van der Waals surface area (Å²) in [6, 6.07) is 5.40. The molecule has 2 heterocycles. The van der Waals surface area contributed by atoms with Crippen LogP contribution in [0.15, 0.2) is 34.9 Å². The van der Waals surface area contributed by atoms with Gasteiger partial charge in [-0.3, -0.25) is 0 Å². The van der Waals surface area contributed by atoms with Gasteiger partial charge in [0.2, 0.25) is 18.4 Å². The van der Waals surface area contributed by atoms with Crippen LogP contribution in [0, 0.1) is 11.3 Å². The van der Waals surface area contributed by atoms with Crippen molar-refractivity contribution >= 4 is 5.97 Å². The maximum atomic E-state index is 12.5. The standard InChI is InChI=1S/C18H18N2O6/c1-4-23-18(21)14-9(2)26-17(20)11(7-19)15(14)10-5-12(22-3)16-13(6-10)24-8-25-16/h5-6,15H,4,8,20H2,1-3H3/t15-/m1/s1. The average molecular weight is 358 g/mol. The van der Waals surface area contributed by atoms with Gasteiger partial charge in [-0.1, -0.05) is 0 Å². The number of rotatable bonds is 4. The first-order chi connectivity index (χ1) is 12.5. The normalized spacial score (nSPS) is 18.3. The molecule has 0 radical (unpaired) electrons. The van der Waals surface area contributed by atoms with Gasteiger partial charge in [0.1, 0.15) is 17.4 Å². The summed E-state index contributed by atoms with van der Waals surface area (Å²) in [5, 5.41) is 9.60. The molecule has 26 heavy (non-hydrogen) atoms. The number of allylic oxidation sites excluding steroid dienone is 2. The van der Waals surface area contributed by atoms with Gasteiger partial charge in [0.25, 0.3) is 0 Å². The van der Waals surface area contributed by atoms with E-state index in [0.29, 0.717) is 22.8 Å². The highest BCUT2D eigenvalue weighted by molar-refractivity contribution is 5.92. The van der Waals surface area contributed by atoms with Crippen molar-refractivity contribution in [2.75, 3.05) is 20.5 Å². The van der Waals surface area contributed by atoms with E-state index in [9.17, 15) is 10.1 Å². The number of hydrogen-bond acceptors (Lipinski definition) is 8. The third-order valence-corrected chi connectivity index (χ3v) is 4.11. The second-order valence-electron chi connectivity index (χ2n) is 5.57. The highest BCUT2D eigenvalue weighted by atomic mass is 16.7. The number of carbonyl (C=O) groups is 1. The second kappa shape index (κ2) is 6.88. The maximum absolute atomic E-state index is 12.5. The molecule has 1 aromatic rings. The minimum atomic E-state index is -0.767. The van der Waals surface area contributed by atoms with E-state index in [2.05, 4.69) is 0 Å². The van der Waals surface area contributed by atoms with Gasteiger partial charge in [-0.15, -0.1) is 0 Å². The van der Waals surface area contributed by atoms with Gasteiger partial charge in [0.15, 0.2) is 11.5 Å². The van der Waals surface area contributed by atoms with Crippen LogP contribution in [0.3, 0.4) is 0 Å². The summed E-state index contributed by atoms with van der Waals surface area (Å²) in [7, 11) is 1.49. The predicted octanol–water partition coefficient (Wildman–Crippen LogP) is 2.07. The Morgan fingerprint density at radius 2 is 2.19 bits per heavy atom. The number of ether oxygens (including phenoxy) is 5. The molecular formula is C18H18N2O6. The fourth-order valence-corrected chi connectivity index (χ4v) is 3.00. The fraction of sp³-hybridized carbons (Fsp3) is 0.333. The summed E-state index contributed by atoms with van der Waals surface area (Å²) in [5.41, 5.74) is 6.79. The largest absolute Gasteiger partial charge is 0.493 e. The summed E-state index contributed by atoms with van der Waals surface area (Å²) in [5.74, 6) is 0.238. The van der Waals surface area contributed by atoms with Gasteiger partial charge in [-0.25, -0.2) is 4.79 Å². The second-order valence-corrected chi connectivity index (χ2v) is 5.57. The number of nitrogens with two attached hydrogens (primary N) is 1. The Bertz CT molecular complexity index is 865. The van der Waals surface area contributed by atoms with Crippen LogP contribution in [-0.2, 0) is 14.3 Å². The zero-order chi connectivity index (χ0) is 18.8. The summed E-state index contributed by atoms with van der Waals surface area (Å²) >= 11 is 0. The van der Waals surface area contributed by atoms with Gasteiger partial charge >= 0.3 is 5.97 Å². The molecule has 3 rings (SSSR count). The molecule has 0 spiro atoms. The van der Waals surface area contributed by atoms with Crippen LogP contribution in [0.1, 0.15) is 25.3 Å². The smallest absolute Gasteiger partial charge is 0.338 e. The number of nitrogens with zero attached hydrogens (tertiary/aromatic N) is 1. The van der Waals surface area contributed by atoms with Crippen molar-refractivity contribution in [1.82, 2.24) is 0 Å². The van der Waals surface area contributed by atoms with Crippen molar-refractivity contribution < 1.29 is 28.5 Å². The molecule has 8 nitrogen and oxygen atoms in total. The molecule has 0 bridgehead atoms. The first kappa shape index (κ1) is 17.5. The molecule has 136 valence electrons. The lowest BCUT2D eigenvalue weighted by Gasteiger charge is -2.27. The zero-order valence-electron chi connectivity index (χ0n) is 14.6. The van der Waals surface area contributed by atoms with Crippen LogP contribution < -0.4 is 19.9 Å². The first-order valence-corrected chi connectivity index (χ1v) is 7.94. The molecule has 1 aromatic carbocycles. The van der Waals surface area contributed by atoms with Crippen LogP contribution in [0.4, 0.5) is 0 Å². The van der Waals surface area contributed by atoms with Crippen LogP contribution in [0.25, 0.3) is 0 Å². The number of benzene rings is 1. The number of nitriles is 1. The van der Waals surface area contributed by atoms with E-state index >= 15 is 0 Å². The third kappa shape index (κ3) is 2.77. The quantitative estimate of drug-likeness (QED) is 0.814. The van der Waals surface area contributed by atoms with Crippen molar-refractivity contribution in [1.29, 1.82) is 5.26 Å². The minimum absolute atomic E-state index is 0.0558. The van der Waals surface area contributed by atoms with E-state index in [4.69, 9.17) is 29.4 Å². The highest BCUT2D eigenvalue weighted by Gasteiger charge is 2.37. The number of esters is 1. The van der Waals surface area contributed by atoms with Gasteiger partial charge < -0.3 is 29.4 Å². The number of hydrogen-bond donors (Lipinski definition) is 1. The lowest BCUT2D eigenvalue weighted by molar-refractivity contribution is -0.139. The van der Waals surface area contributed by atoms with E-state index in [0.717, 1.165) is 0 Å². The van der Waals surface area contributed by atoms with Crippen molar-refractivity contribution in [3.8, 4) is 23.3 Å². The SMILES string of the molecule is CCOC(=O)C1=C(C)OC(N)=C(C#N)[C@H]1c1cc(OC)c2c(c1)OCO2. The Morgan fingerprint density at radius 3 is 2.85 bits per heavy atom. The molecule has 0 saturated carbocycles. The summed E-state index contributed by atoms with van der Waals surface area (Å²) in [4.78, 5) is 12.5. The van der Waals surface area contributed by atoms with Crippen molar-refractivity contribution in [2.24, 2.45) is 5.73 Å². The Balaban J connectivity index is 2.19. The molecule has 2 aliphatic heterocycles. The van der Waals surface area contributed by atoms with Crippen molar-refractivity contribution in [2.45, 2.75) is 19.8 Å². The zero-order valence-corrected chi connectivity index (χ0v) is 14.6. The van der Waals surface area contributed by atoms with Crippen LogP contribution in [0.5, 0.6) is 17.2 Å². The summed E-state index contributed by atoms with van der Waals surface area (Å²) in [6.45, 7) is 3.55. The molecule has 0 aliphatic carbocycles. The van der Waals surface area contributed by atoms with Gasteiger partial charge in [-0.2, -0.15) is 5.26 Å². The lowest BCUT2D eigenvalue weighted by atomic mass is 9.83. The molecule has 0 aromatic heterocycles. The van der Waals surface area contributed by atoms with Crippen LogP contribution >= 0.6 is 0 Å². The van der Waals surface area contributed by atoms with E-state index in [1.165, 1.54) is 7.11 Å². The number of methoxy groups -OCH3 is 1. The Kier molecular flexibility index (Phi) is 4.63. The third-order valence-electron chi connectivity index (χ3n) is 4.11. The predicted molar refractivity (Wildman–Crippen MR) is 89.1 cm³/mol. The van der Waals surface area contributed by atoms with Crippen molar-refractivity contribution in [3.05, 3.63) is 40.5 Å². The Hall–Kier alpha value is -3.34. The first-order valence-electron chi connectivity index (χ1n) is 7.94. The summed E-state index contributed by atoms with van der Waals surface area (Å²) in [6.07, 6.45) is 0. The minimum Gasteiger partial charge on any atom is -0.493 e. The number of fused-ring (bicyclic) bond motifs is 1. The Morgan fingerprint density at radius 1 is 1.42 bits per heavy atom. The molecule has 8 heteroatoms. The monoisotopic (exact) mass is 358 g/mol. The van der Waals surface area contributed by atoms with Crippen LogP contribution in [-0.4, -0.2) is 26.5 Å². The molecule has 2 aliphatic rings. The lowest BCUT2D eigenvalue weighted by Crippen LogP contribution is -2.25. The molecule has 2 N–H and O–H groups in total. The Labute approximate surface area is 150 Å². The fourth-order valence-electron chi connectivity index (χ4n) is 3.00. The molecule has 1 atom stereocenters. The molecule has 0 saturated heterocycles.